The molecule has 1 atom stereocenters. The topological polar surface area (TPSA) is 12.4 Å². The summed E-state index contributed by atoms with van der Waals surface area (Å²) in [6.45, 7) is 5.68. The maximum Gasteiger partial charge on any atom is 0.208 e. The van der Waals surface area contributed by atoms with E-state index in [0.717, 1.165) is 6.42 Å². The molecular weight excluding hydrogens is 129 g/mol. The van der Waals surface area contributed by atoms with E-state index in [1.54, 1.807) is 13.1 Å². The van der Waals surface area contributed by atoms with Gasteiger partial charge in [-0.3, -0.25) is 0 Å². The predicted molar refractivity (Wildman–Crippen MR) is 42.8 cm³/mol. The molecule has 2 heteroatoms. The minimum atomic E-state index is -0.402. The number of nitrogens with zero attached hydrogens (tertiary/aromatic N) is 1. The van der Waals surface area contributed by atoms with Crippen LogP contribution in [0.15, 0.2) is 17.0 Å². The molecule has 0 aromatic heterocycles. The van der Waals surface area contributed by atoms with E-state index < -0.39 is 5.95 Å². The predicted octanol–water partition coefficient (Wildman–Crippen LogP) is 2.93. The van der Waals surface area contributed by atoms with Crippen molar-refractivity contribution in [2.75, 3.05) is 0 Å². The summed E-state index contributed by atoms with van der Waals surface area (Å²) in [4.78, 5) is 3.58. The second-order valence-corrected chi connectivity index (χ2v) is 2.28. The van der Waals surface area contributed by atoms with Crippen molar-refractivity contribution in [3.05, 3.63) is 12.0 Å². The van der Waals surface area contributed by atoms with Crippen LogP contribution in [0.4, 0.5) is 4.39 Å². The summed E-state index contributed by atoms with van der Waals surface area (Å²) in [5, 5.41) is 0. The van der Waals surface area contributed by atoms with Crippen molar-refractivity contribution in [1.82, 2.24) is 0 Å². The second-order valence-electron chi connectivity index (χ2n) is 2.28. The first-order valence-electron chi connectivity index (χ1n) is 3.56. The van der Waals surface area contributed by atoms with Gasteiger partial charge in [-0.25, -0.2) is 4.99 Å². The van der Waals surface area contributed by atoms with E-state index in [1.165, 1.54) is 6.08 Å². The summed E-state index contributed by atoms with van der Waals surface area (Å²) < 4.78 is 12.3. The maximum atomic E-state index is 12.3. The van der Waals surface area contributed by atoms with Crippen LogP contribution in [0.1, 0.15) is 27.2 Å². The van der Waals surface area contributed by atoms with Gasteiger partial charge in [0.25, 0.3) is 0 Å². The Morgan fingerprint density at radius 2 is 2.30 bits per heavy atom. The number of allylic oxidation sites excluding steroid dienone is 1. The molecule has 0 saturated heterocycles. The van der Waals surface area contributed by atoms with E-state index in [0.29, 0.717) is 5.92 Å². The quantitative estimate of drug-likeness (QED) is 0.425. The second kappa shape index (κ2) is 5.15. The van der Waals surface area contributed by atoms with Crippen LogP contribution in [0.3, 0.4) is 0 Å². The van der Waals surface area contributed by atoms with Crippen LogP contribution < -0.4 is 0 Å². The molecule has 0 aliphatic carbocycles. The van der Waals surface area contributed by atoms with Crippen molar-refractivity contribution in [3.63, 3.8) is 0 Å². The van der Waals surface area contributed by atoms with Crippen LogP contribution in [0, 0.1) is 5.92 Å². The van der Waals surface area contributed by atoms with Gasteiger partial charge < -0.3 is 0 Å². The number of hydrogen-bond donors (Lipinski definition) is 0. The third kappa shape index (κ3) is 4.24. The van der Waals surface area contributed by atoms with E-state index in [-0.39, 0.29) is 0 Å². The molecule has 0 heterocycles. The Bertz CT molecular complexity index is 138. The zero-order chi connectivity index (χ0) is 7.98. The zero-order valence-corrected chi connectivity index (χ0v) is 6.76. The highest BCUT2D eigenvalue weighted by Gasteiger charge is 1.91. The molecule has 0 N–H and O–H groups in total. The Kier molecular flexibility index (Phi) is 4.81. The fraction of sp³-hybridized carbons (Fsp3) is 0.625. The van der Waals surface area contributed by atoms with Gasteiger partial charge >= 0.3 is 0 Å². The Labute approximate surface area is 61.7 Å². The summed E-state index contributed by atoms with van der Waals surface area (Å²) >= 11 is 0. The summed E-state index contributed by atoms with van der Waals surface area (Å²) in [7, 11) is 0. The summed E-state index contributed by atoms with van der Waals surface area (Å²) in [6, 6.07) is 0. The molecular formula is C8H14FN. The fourth-order valence-electron chi connectivity index (χ4n) is 0.378. The van der Waals surface area contributed by atoms with Gasteiger partial charge in [0.1, 0.15) is 0 Å². The molecule has 58 valence electrons. The minimum absolute atomic E-state index is 0.366. The van der Waals surface area contributed by atoms with Crippen molar-refractivity contribution in [2.24, 2.45) is 10.9 Å². The molecule has 0 rings (SSSR count). The fourth-order valence-corrected chi connectivity index (χ4v) is 0.378. The Balaban J connectivity index is 3.75. The first kappa shape index (κ1) is 9.34. The Morgan fingerprint density at radius 3 is 2.70 bits per heavy atom. The number of aliphatic imine (C=N–C) groups is 1. The first-order valence-corrected chi connectivity index (χ1v) is 3.56. The molecule has 0 aromatic rings. The molecule has 0 aromatic carbocycles. The lowest BCUT2D eigenvalue weighted by atomic mass is 10.1. The lowest BCUT2D eigenvalue weighted by Gasteiger charge is -1.96. The highest BCUT2D eigenvalue weighted by molar-refractivity contribution is 5.61. The normalized spacial score (nSPS) is 16.2. The van der Waals surface area contributed by atoms with E-state index in [9.17, 15) is 4.39 Å². The molecule has 0 saturated carbocycles. The van der Waals surface area contributed by atoms with Crippen molar-refractivity contribution in [3.8, 4) is 0 Å². The van der Waals surface area contributed by atoms with E-state index in [2.05, 4.69) is 4.99 Å². The van der Waals surface area contributed by atoms with Crippen LogP contribution in [-0.4, -0.2) is 6.21 Å². The van der Waals surface area contributed by atoms with Gasteiger partial charge in [0.15, 0.2) is 0 Å². The van der Waals surface area contributed by atoms with E-state index >= 15 is 0 Å². The van der Waals surface area contributed by atoms with Gasteiger partial charge in [-0.2, -0.15) is 4.39 Å². The molecule has 0 aliphatic heterocycles. The monoisotopic (exact) mass is 143 g/mol. The first-order chi connectivity index (χ1) is 4.70. The van der Waals surface area contributed by atoms with Crippen molar-refractivity contribution < 1.29 is 4.39 Å². The van der Waals surface area contributed by atoms with Crippen LogP contribution in [-0.2, 0) is 0 Å². The minimum Gasteiger partial charge on any atom is -0.233 e. The van der Waals surface area contributed by atoms with Crippen molar-refractivity contribution in [2.45, 2.75) is 27.2 Å². The van der Waals surface area contributed by atoms with Gasteiger partial charge in [0, 0.05) is 6.21 Å². The SMILES string of the molecule is C/C=C(/F)N=CC(C)CC. The molecule has 0 radical (unpaired) electrons. The van der Waals surface area contributed by atoms with Gasteiger partial charge in [-0.15, -0.1) is 0 Å². The highest BCUT2D eigenvalue weighted by atomic mass is 19.1. The van der Waals surface area contributed by atoms with Gasteiger partial charge in [0.05, 0.1) is 0 Å². The van der Waals surface area contributed by atoms with Crippen LogP contribution in [0.2, 0.25) is 0 Å². The number of hydrogen-bond acceptors (Lipinski definition) is 1. The lowest BCUT2D eigenvalue weighted by Crippen LogP contribution is -1.91. The van der Waals surface area contributed by atoms with Gasteiger partial charge in [0.2, 0.25) is 5.95 Å². The Hall–Kier alpha value is -0.660. The maximum absolute atomic E-state index is 12.3. The average molecular weight is 143 g/mol. The third-order valence-corrected chi connectivity index (χ3v) is 1.33. The summed E-state index contributed by atoms with van der Waals surface area (Å²) in [6.07, 6.45) is 3.98. The molecule has 1 unspecified atom stereocenters. The van der Waals surface area contributed by atoms with Crippen LogP contribution >= 0.6 is 0 Å². The third-order valence-electron chi connectivity index (χ3n) is 1.33. The smallest absolute Gasteiger partial charge is 0.208 e. The van der Waals surface area contributed by atoms with Crippen molar-refractivity contribution >= 4 is 6.21 Å². The molecule has 10 heavy (non-hydrogen) atoms. The van der Waals surface area contributed by atoms with E-state index in [1.807, 2.05) is 13.8 Å². The molecule has 0 fully saturated rings. The van der Waals surface area contributed by atoms with E-state index in [4.69, 9.17) is 0 Å². The molecule has 0 bridgehead atoms. The molecule has 0 aliphatic rings. The summed E-state index contributed by atoms with van der Waals surface area (Å²) in [5.74, 6) is -0.0361. The molecule has 0 amide bonds. The average Bonchev–Trinajstić information content (AvgIpc) is 1.99. The standard InChI is InChI=1S/C8H14FN/c1-4-7(3)6-10-8(9)5-2/h5-7H,4H2,1-3H3/b8-5-,10-6?. The lowest BCUT2D eigenvalue weighted by molar-refractivity contribution is 0.623. The van der Waals surface area contributed by atoms with Gasteiger partial charge in [-0.1, -0.05) is 13.8 Å². The van der Waals surface area contributed by atoms with Crippen LogP contribution in [0.5, 0.6) is 0 Å². The number of halogens is 1. The molecule has 0 spiro atoms. The largest absolute Gasteiger partial charge is 0.233 e. The zero-order valence-electron chi connectivity index (χ0n) is 6.76. The molecule has 1 nitrogen and oxygen atoms in total. The van der Waals surface area contributed by atoms with Crippen LogP contribution in [0.25, 0.3) is 0 Å². The summed E-state index contributed by atoms with van der Waals surface area (Å²) in [5.41, 5.74) is 0. The van der Waals surface area contributed by atoms with Gasteiger partial charge in [-0.05, 0) is 25.3 Å². The Morgan fingerprint density at radius 1 is 1.70 bits per heavy atom. The number of rotatable bonds is 3. The van der Waals surface area contributed by atoms with Crippen molar-refractivity contribution in [1.29, 1.82) is 0 Å². The highest BCUT2D eigenvalue weighted by Crippen LogP contribution is 2.00.